The maximum atomic E-state index is 13.3. The zero-order chi connectivity index (χ0) is 22.4. The number of aryl methyl sites for hydroxylation is 2. The van der Waals surface area contributed by atoms with Gasteiger partial charge in [-0.05, 0) is 55.8 Å². The quantitative estimate of drug-likeness (QED) is 0.426. The third-order valence-electron chi connectivity index (χ3n) is 4.46. The maximum Gasteiger partial charge on any atom is 0.264 e. The highest BCUT2D eigenvalue weighted by Gasteiger charge is 2.27. The van der Waals surface area contributed by atoms with Gasteiger partial charge in [-0.15, -0.1) is 0 Å². The van der Waals surface area contributed by atoms with E-state index in [9.17, 15) is 13.2 Å². The first-order valence-electron chi connectivity index (χ1n) is 9.49. The van der Waals surface area contributed by atoms with E-state index in [4.69, 9.17) is 11.6 Å². The molecule has 0 aliphatic rings. The summed E-state index contributed by atoms with van der Waals surface area (Å²) in [6, 6.07) is 20.3. The van der Waals surface area contributed by atoms with Gasteiger partial charge in [0.2, 0.25) is 0 Å². The monoisotopic (exact) mass is 455 g/mol. The van der Waals surface area contributed by atoms with Crippen LogP contribution in [0.3, 0.4) is 0 Å². The number of hydrogen-bond donors (Lipinski definition) is 1. The van der Waals surface area contributed by atoms with Crippen molar-refractivity contribution in [1.82, 2.24) is 5.43 Å². The Bertz CT molecular complexity index is 1190. The minimum atomic E-state index is -3.98. The lowest BCUT2D eigenvalue weighted by Gasteiger charge is -2.23. The van der Waals surface area contributed by atoms with Gasteiger partial charge in [-0.3, -0.25) is 9.10 Å². The summed E-state index contributed by atoms with van der Waals surface area (Å²) in [5.74, 6) is -0.575. The van der Waals surface area contributed by atoms with Gasteiger partial charge in [0.15, 0.2) is 0 Å². The highest BCUT2D eigenvalue weighted by Crippen LogP contribution is 2.25. The van der Waals surface area contributed by atoms with Gasteiger partial charge in [-0.1, -0.05) is 59.1 Å². The molecule has 31 heavy (non-hydrogen) atoms. The number of benzene rings is 3. The van der Waals surface area contributed by atoms with Crippen LogP contribution in [0.4, 0.5) is 5.69 Å². The molecule has 0 bridgehead atoms. The van der Waals surface area contributed by atoms with Crippen LogP contribution in [0.15, 0.2) is 82.8 Å². The molecule has 3 aromatic carbocycles. The molecule has 0 spiro atoms. The second-order valence-electron chi connectivity index (χ2n) is 7.01. The maximum absolute atomic E-state index is 13.3. The Morgan fingerprint density at radius 1 is 1.00 bits per heavy atom. The lowest BCUT2D eigenvalue weighted by molar-refractivity contribution is -0.119. The van der Waals surface area contributed by atoms with E-state index >= 15 is 0 Å². The number of carbonyl (C=O) groups excluding carboxylic acids is 1. The summed E-state index contributed by atoms with van der Waals surface area (Å²) in [6.07, 6.45) is 1.51. The van der Waals surface area contributed by atoms with E-state index < -0.39 is 22.5 Å². The SMILES string of the molecule is Cc1ccc(S(=O)(=O)N(CC(=O)N/N=C\c2cccc(C)c2)c2ccc(Cl)cc2)cc1. The Labute approximate surface area is 187 Å². The fraction of sp³-hybridized carbons (Fsp3) is 0.130. The molecule has 0 saturated heterocycles. The first-order valence-corrected chi connectivity index (χ1v) is 11.3. The summed E-state index contributed by atoms with van der Waals surface area (Å²) >= 11 is 5.94. The van der Waals surface area contributed by atoms with Crippen molar-refractivity contribution in [3.05, 3.63) is 94.5 Å². The first-order chi connectivity index (χ1) is 14.8. The Hall–Kier alpha value is -3.16. The second kappa shape index (κ2) is 9.76. The molecule has 0 aliphatic carbocycles. The van der Waals surface area contributed by atoms with E-state index in [0.29, 0.717) is 10.7 Å². The molecule has 3 aromatic rings. The van der Waals surface area contributed by atoms with Crippen LogP contribution in [-0.4, -0.2) is 27.1 Å². The summed E-state index contributed by atoms with van der Waals surface area (Å²) in [5, 5.41) is 4.40. The van der Waals surface area contributed by atoms with Crippen LogP contribution >= 0.6 is 11.6 Å². The molecule has 0 unspecified atom stereocenters. The molecule has 1 amide bonds. The molecule has 3 rings (SSSR count). The zero-order valence-electron chi connectivity index (χ0n) is 17.1. The van der Waals surface area contributed by atoms with Gasteiger partial charge < -0.3 is 0 Å². The molecule has 6 nitrogen and oxygen atoms in total. The van der Waals surface area contributed by atoms with Crippen molar-refractivity contribution in [1.29, 1.82) is 0 Å². The van der Waals surface area contributed by atoms with E-state index in [1.807, 2.05) is 38.1 Å². The van der Waals surface area contributed by atoms with Crippen molar-refractivity contribution in [3.63, 3.8) is 0 Å². The van der Waals surface area contributed by atoms with E-state index in [0.717, 1.165) is 21.0 Å². The van der Waals surface area contributed by atoms with Crippen LogP contribution < -0.4 is 9.73 Å². The van der Waals surface area contributed by atoms with Crippen molar-refractivity contribution >= 4 is 39.4 Å². The summed E-state index contributed by atoms with van der Waals surface area (Å²) < 4.78 is 27.6. The van der Waals surface area contributed by atoms with E-state index in [2.05, 4.69) is 10.5 Å². The van der Waals surface area contributed by atoms with E-state index in [-0.39, 0.29) is 4.90 Å². The third kappa shape index (κ3) is 5.93. The molecule has 0 radical (unpaired) electrons. The minimum absolute atomic E-state index is 0.0871. The Morgan fingerprint density at radius 2 is 1.68 bits per heavy atom. The number of amides is 1. The Kier molecular flexibility index (Phi) is 7.09. The van der Waals surface area contributed by atoms with Crippen LogP contribution in [0, 0.1) is 13.8 Å². The van der Waals surface area contributed by atoms with Crippen molar-refractivity contribution < 1.29 is 13.2 Å². The molecule has 0 saturated carbocycles. The first kappa shape index (κ1) is 22.5. The lowest BCUT2D eigenvalue weighted by Crippen LogP contribution is -2.39. The van der Waals surface area contributed by atoms with Crippen molar-refractivity contribution in [3.8, 4) is 0 Å². The molecule has 0 fully saturated rings. The fourth-order valence-electron chi connectivity index (χ4n) is 2.85. The number of rotatable bonds is 7. The number of carbonyl (C=O) groups is 1. The zero-order valence-corrected chi connectivity index (χ0v) is 18.7. The number of anilines is 1. The summed E-state index contributed by atoms with van der Waals surface area (Å²) in [6.45, 7) is 3.38. The number of nitrogens with zero attached hydrogens (tertiary/aromatic N) is 2. The van der Waals surface area contributed by atoms with Gasteiger partial charge in [0.05, 0.1) is 16.8 Å². The number of hydrogen-bond acceptors (Lipinski definition) is 4. The molecular formula is C23H22ClN3O3S. The van der Waals surface area contributed by atoms with Crippen LogP contribution in [-0.2, 0) is 14.8 Å². The smallest absolute Gasteiger partial charge is 0.264 e. The summed E-state index contributed by atoms with van der Waals surface area (Å²) in [4.78, 5) is 12.6. The second-order valence-corrected chi connectivity index (χ2v) is 9.31. The Morgan fingerprint density at radius 3 is 2.32 bits per heavy atom. The predicted octanol–water partition coefficient (Wildman–Crippen LogP) is 4.30. The van der Waals surface area contributed by atoms with Crippen molar-refractivity contribution in [2.75, 3.05) is 10.8 Å². The Balaban J connectivity index is 1.83. The van der Waals surface area contributed by atoms with Gasteiger partial charge in [0.25, 0.3) is 15.9 Å². The van der Waals surface area contributed by atoms with Gasteiger partial charge >= 0.3 is 0 Å². The topological polar surface area (TPSA) is 78.8 Å². The number of hydrazone groups is 1. The number of sulfonamides is 1. The minimum Gasteiger partial charge on any atom is -0.271 e. The summed E-state index contributed by atoms with van der Waals surface area (Å²) in [5.41, 5.74) is 5.53. The van der Waals surface area contributed by atoms with E-state index in [1.165, 1.54) is 18.3 Å². The summed E-state index contributed by atoms with van der Waals surface area (Å²) in [7, 11) is -3.98. The molecule has 160 valence electrons. The van der Waals surface area contributed by atoms with Gasteiger partial charge in [-0.25, -0.2) is 13.8 Å². The molecule has 0 heterocycles. The molecule has 8 heteroatoms. The van der Waals surface area contributed by atoms with Crippen molar-refractivity contribution in [2.45, 2.75) is 18.7 Å². The molecule has 0 atom stereocenters. The largest absolute Gasteiger partial charge is 0.271 e. The van der Waals surface area contributed by atoms with Crippen LogP contribution in [0.25, 0.3) is 0 Å². The normalized spacial score (nSPS) is 11.5. The average Bonchev–Trinajstić information content (AvgIpc) is 2.73. The molecule has 0 aromatic heterocycles. The average molecular weight is 456 g/mol. The molecule has 0 aliphatic heterocycles. The lowest BCUT2D eigenvalue weighted by atomic mass is 10.2. The molecular weight excluding hydrogens is 434 g/mol. The van der Waals surface area contributed by atoms with Gasteiger partial charge in [0, 0.05) is 5.02 Å². The fourth-order valence-corrected chi connectivity index (χ4v) is 4.40. The predicted molar refractivity (Wildman–Crippen MR) is 124 cm³/mol. The third-order valence-corrected chi connectivity index (χ3v) is 6.50. The number of halogens is 1. The van der Waals surface area contributed by atoms with Crippen LogP contribution in [0.5, 0.6) is 0 Å². The van der Waals surface area contributed by atoms with Crippen LogP contribution in [0.1, 0.15) is 16.7 Å². The van der Waals surface area contributed by atoms with Gasteiger partial charge in [0.1, 0.15) is 6.54 Å². The van der Waals surface area contributed by atoms with Crippen molar-refractivity contribution in [2.24, 2.45) is 5.10 Å². The van der Waals surface area contributed by atoms with Crippen LogP contribution in [0.2, 0.25) is 5.02 Å². The van der Waals surface area contributed by atoms with E-state index in [1.54, 1.807) is 36.4 Å². The standard InChI is InChI=1S/C23H22ClN3O3S/c1-17-6-12-22(13-7-17)31(29,30)27(21-10-8-20(24)9-11-21)16-23(28)26-25-15-19-5-3-4-18(2)14-19/h3-15H,16H2,1-2H3,(H,26,28)/b25-15-. The highest BCUT2D eigenvalue weighted by molar-refractivity contribution is 7.92. The highest BCUT2D eigenvalue weighted by atomic mass is 35.5. The van der Waals surface area contributed by atoms with Gasteiger partial charge in [-0.2, -0.15) is 5.10 Å². The number of nitrogens with one attached hydrogen (secondary N) is 1. The molecule has 1 N–H and O–H groups in total.